The topological polar surface area (TPSA) is 32.5 Å². The Kier molecular flexibility index (Phi) is 5.55. The second-order valence-corrected chi connectivity index (χ2v) is 6.24. The first-order valence-corrected chi connectivity index (χ1v) is 7.99. The second-order valence-electron chi connectivity index (χ2n) is 5.39. The van der Waals surface area contributed by atoms with E-state index in [2.05, 4.69) is 39.6 Å². The molecular weight excluding hydrogens is 321 g/mol. The van der Waals surface area contributed by atoms with E-state index < -0.39 is 0 Å². The smallest absolute Gasteiger partial charge is 0.124 e. The Morgan fingerprint density at radius 2 is 2.20 bits per heavy atom. The molecule has 0 spiro atoms. The van der Waals surface area contributed by atoms with Gasteiger partial charge in [-0.15, -0.1) is 0 Å². The molecule has 1 aliphatic heterocycles. The summed E-state index contributed by atoms with van der Waals surface area (Å²) in [5, 5.41) is 0. The molecule has 5 heteroatoms. The molecule has 1 aromatic carbocycles. The van der Waals surface area contributed by atoms with Crippen LogP contribution in [-0.4, -0.2) is 48.6 Å². The third-order valence-corrected chi connectivity index (χ3v) is 4.87. The van der Waals surface area contributed by atoms with Crippen LogP contribution in [0.2, 0.25) is 0 Å². The molecule has 2 unspecified atom stereocenters. The monoisotopic (exact) mass is 343 g/mol. The van der Waals surface area contributed by atoms with E-state index in [9.17, 15) is 4.39 Å². The lowest BCUT2D eigenvalue weighted by Crippen LogP contribution is -2.53. The van der Waals surface area contributed by atoms with E-state index in [0.717, 1.165) is 36.2 Å². The lowest BCUT2D eigenvalue weighted by atomic mass is 10.0. The van der Waals surface area contributed by atoms with Crippen molar-refractivity contribution in [2.75, 3.05) is 32.7 Å². The van der Waals surface area contributed by atoms with Crippen molar-refractivity contribution in [3.63, 3.8) is 0 Å². The summed E-state index contributed by atoms with van der Waals surface area (Å²) in [6, 6.07) is 5.54. The van der Waals surface area contributed by atoms with Crippen molar-refractivity contribution in [3.8, 4) is 0 Å². The highest BCUT2D eigenvalue weighted by atomic mass is 79.9. The van der Waals surface area contributed by atoms with Crippen LogP contribution in [0.5, 0.6) is 0 Å². The average Bonchev–Trinajstić information content (AvgIpc) is 2.42. The van der Waals surface area contributed by atoms with Gasteiger partial charge in [0, 0.05) is 42.7 Å². The average molecular weight is 344 g/mol. The van der Waals surface area contributed by atoms with Crippen LogP contribution in [0, 0.1) is 5.82 Å². The Balaban J connectivity index is 2.16. The van der Waals surface area contributed by atoms with Crippen molar-refractivity contribution in [3.05, 3.63) is 34.1 Å². The number of rotatable bonds is 4. The van der Waals surface area contributed by atoms with Gasteiger partial charge in [-0.1, -0.05) is 28.9 Å². The van der Waals surface area contributed by atoms with E-state index in [1.807, 2.05) is 6.07 Å². The highest BCUT2D eigenvalue weighted by Gasteiger charge is 2.28. The van der Waals surface area contributed by atoms with Crippen LogP contribution >= 0.6 is 15.9 Å². The third kappa shape index (κ3) is 3.39. The fraction of sp³-hybridized carbons (Fsp3) is 0.600. The summed E-state index contributed by atoms with van der Waals surface area (Å²) in [6.07, 6.45) is 0. The number of nitrogens with two attached hydrogens (primary N) is 1. The second kappa shape index (κ2) is 6.98. The fourth-order valence-electron chi connectivity index (χ4n) is 3.02. The maximum atomic E-state index is 13.2. The summed E-state index contributed by atoms with van der Waals surface area (Å²) in [5.41, 5.74) is 7.06. The molecule has 0 bridgehead atoms. The van der Waals surface area contributed by atoms with Crippen molar-refractivity contribution in [1.29, 1.82) is 0 Å². The first kappa shape index (κ1) is 15.9. The van der Waals surface area contributed by atoms with Crippen molar-refractivity contribution < 1.29 is 4.39 Å². The number of halogens is 2. The SMILES string of the molecule is CCN1CCN(C(CN)c2ccc(F)cc2Br)CC1C. The van der Waals surface area contributed by atoms with Crippen LogP contribution in [0.1, 0.15) is 25.5 Å². The first-order valence-electron chi connectivity index (χ1n) is 7.20. The Labute approximate surface area is 129 Å². The Morgan fingerprint density at radius 3 is 2.75 bits per heavy atom. The standard InChI is InChI=1S/C15H23BrFN3/c1-3-19-6-7-20(10-11(19)2)15(9-18)13-5-4-12(17)8-14(13)16/h4-5,8,11,15H,3,6-7,9-10,18H2,1-2H3. The predicted octanol–water partition coefficient (Wildman–Crippen LogP) is 2.61. The summed E-state index contributed by atoms with van der Waals surface area (Å²) < 4.78 is 14.0. The normalized spacial score (nSPS) is 22.9. The Morgan fingerprint density at radius 1 is 1.45 bits per heavy atom. The summed E-state index contributed by atoms with van der Waals surface area (Å²) >= 11 is 3.46. The molecule has 0 saturated carbocycles. The van der Waals surface area contributed by atoms with Gasteiger partial charge in [-0.05, 0) is 31.2 Å². The van der Waals surface area contributed by atoms with Crippen LogP contribution in [0.4, 0.5) is 4.39 Å². The highest BCUT2D eigenvalue weighted by Crippen LogP contribution is 2.29. The molecule has 0 aromatic heterocycles. The van der Waals surface area contributed by atoms with Gasteiger partial charge in [-0.25, -0.2) is 4.39 Å². The van der Waals surface area contributed by atoms with Crippen LogP contribution in [0.15, 0.2) is 22.7 Å². The lowest BCUT2D eigenvalue weighted by Gasteiger charge is -2.43. The van der Waals surface area contributed by atoms with Crippen molar-refractivity contribution in [2.24, 2.45) is 5.73 Å². The molecule has 2 atom stereocenters. The molecule has 112 valence electrons. The van der Waals surface area contributed by atoms with E-state index in [0.29, 0.717) is 12.6 Å². The molecule has 2 rings (SSSR count). The van der Waals surface area contributed by atoms with E-state index in [4.69, 9.17) is 5.73 Å². The molecule has 3 nitrogen and oxygen atoms in total. The van der Waals surface area contributed by atoms with Crippen molar-refractivity contribution in [1.82, 2.24) is 9.80 Å². The molecular formula is C15H23BrFN3. The molecule has 1 fully saturated rings. The van der Waals surface area contributed by atoms with Gasteiger partial charge in [0.2, 0.25) is 0 Å². The molecule has 2 N–H and O–H groups in total. The number of hydrogen-bond donors (Lipinski definition) is 1. The summed E-state index contributed by atoms with van der Waals surface area (Å²) in [4.78, 5) is 4.89. The fourth-order valence-corrected chi connectivity index (χ4v) is 3.64. The minimum atomic E-state index is -0.222. The summed E-state index contributed by atoms with van der Waals surface area (Å²) in [7, 11) is 0. The van der Waals surface area contributed by atoms with Crippen LogP contribution in [0.3, 0.4) is 0 Å². The molecule has 1 aromatic rings. The Bertz CT molecular complexity index is 455. The molecule has 0 aliphatic carbocycles. The zero-order chi connectivity index (χ0) is 14.7. The maximum Gasteiger partial charge on any atom is 0.124 e. The molecule has 0 radical (unpaired) electrons. The van der Waals surface area contributed by atoms with Crippen LogP contribution < -0.4 is 5.73 Å². The van der Waals surface area contributed by atoms with Crippen LogP contribution in [-0.2, 0) is 0 Å². The van der Waals surface area contributed by atoms with Gasteiger partial charge < -0.3 is 5.73 Å². The molecule has 1 heterocycles. The van der Waals surface area contributed by atoms with Gasteiger partial charge in [0.05, 0.1) is 0 Å². The maximum absolute atomic E-state index is 13.2. The summed E-state index contributed by atoms with van der Waals surface area (Å²) in [6.45, 7) is 9.15. The molecule has 0 amide bonds. The number of likely N-dealkylation sites (N-methyl/N-ethyl adjacent to an activating group) is 1. The van der Waals surface area contributed by atoms with Gasteiger partial charge in [-0.2, -0.15) is 0 Å². The number of benzene rings is 1. The van der Waals surface area contributed by atoms with E-state index in [1.54, 1.807) is 0 Å². The first-order chi connectivity index (χ1) is 9.56. The van der Waals surface area contributed by atoms with Crippen molar-refractivity contribution >= 4 is 15.9 Å². The van der Waals surface area contributed by atoms with Gasteiger partial charge in [0.25, 0.3) is 0 Å². The quantitative estimate of drug-likeness (QED) is 0.911. The Hall–Kier alpha value is -0.490. The zero-order valence-corrected chi connectivity index (χ0v) is 13.7. The van der Waals surface area contributed by atoms with E-state index >= 15 is 0 Å². The van der Waals surface area contributed by atoms with E-state index in [1.165, 1.54) is 12.1 Å². The van der Waals surface area contributed by atoms with E-state index in [-0.39, 0.29) is 11.9 Å². The number of nitrogens with zero attached hydrogens (tertiary/aromatic N) is 2. The van der Waals surface area contributed by atoms with Gasteiger partial charge >= 0.3 is 0 Å². The van der Waals surface area contributed by atoms with Gasteiger partial charge in [0.15, 0.2) is 0 Å². The minimum absolute atomic E-state index is 0.145. The summed E-state index contributed by atoms with van der Waals surface area (Å²) in [5.74, 6) is -0.222. The van der Waals surface area contributed by atoms with Gasteiger partial charge in [-0.3, -0.25) is 9.80 Å². The highest BCUT2D eigenvalue weighted by molar-refractivity contribution is 9.10. The molecule has 1 saturated heterocycles. The van der Waals surface area contributed by atoms with Crippen molar-refractivity contribution in [2.45, 2.75) is 25.9 Å². The lowest BCUT2D eigenvalue weighted by molar-refractivity contribution is 0.0604. The number of piperazine rings is 1. The van der Waals surface area contributed by atoms with Gasteiger partial charge in [0.1, 0.15) is 5.82 Å². The number of hydrogen-bond acceptors (Lipinski definition) is 3. The molecule has 1 aliphatic rings. The predicted molar refractivity (Wildman–Crippen MR) is 84.2 cm³/mol. The largest absolute Gasteiger partial charge is 0.329 e. The van der Waals surface area contributed by atoms with Crippen LogP contribution in [0.25, 0.3) is 0 Å². The third-order valence-electron chi connectivity index (χ3n) is 4.19. The molecule has 20 heavy (non-hydrogen) atoms. The minimum Gasteiger partial charge on any atom is -0.329 e. The zero-order valence-electron chi connectivity index (χ0n) is 12.1.